The Hall–Kier alpha value is 0.757. The maximum absolute atomic E-state index is 5.45. The van der Waals surface area contributed by atoms with Gasteiger partial charge in [-0.05, 0) is 19.6 Å². The molecule has 0 aliphatic rings. The van der Waals surface area contributed by atoms with E-state index >= 15 is 0 Å². The van der Waals surface area contributed by atoms with Crippen molar-refractivity contribution in [3.05, 3.63) is 0 Å². The van der Waals surface area contributed by atoms with Gasteiger partial charge in [-0.25, -0.2) is 0 Å². The fourth-order valence-electron chi connectivity index (χ4n) is 0.313. The Kier molecular flexibility index (Phi) is 4.13. The van der Waals surface area contributed by atoms with Crippen molar-refractivity contribution in [2.75, 3.05) is 6.61 Å². The van der Waals surface area contributed by atoms with E-state index in [0.29, 0.717) is 6.61 Å². The highest BCUT2D eigenvalue weighted by Gasteiger charge is 2.14. The van der Waals surface area contributed by atoms with Gasteiger partial charge in [0.2, 0.25) is 0 Å². The van der Waals surface area contributed by atoms with Crippen molar-refractivity contribution in [3.63, 3.8) is 0 Å². The normalized spacial score (nSPS) is 12.7. The molecule has 9 heavy (non-hydrogen) atoms. The van der Waals surface area contributed by atoms with Crippen LogP contribution in [0.25, 0.3) is 0 Å². The van der Waals surface area contributed by atoms with E-state index in [1.807, 2.05) is 0 Å². The van der Waals surface area contributed by atoms with Gasteiger partial charge in [0.25, 0.3) is 0 Å². The second kappa shape index (κ2) is 3.81. The first kappa shape index (κ1) is 9.76. The lowest BCUT2D eigenvalue weighted by molar-refractivity contribution is 0.329. The SMILES string of the molecule is C[Si](C)(C)OCC(Cl)Cl. The third-order valence-corrected chi connectivity index (χ3v) is 1.93. The standard InChI is InChI=1S/C5H12Cl2OSi/c1-9(2,3)8-4-5(6)7/h5H,4H2,1-3H3. The lowest BCUT2D eigenvalue weighted by atomic mass is 10.9. The fraction of sp³-hybridized carbons (Fsp3) is 1.00. The van der Waals surface area contributed by atoms with Crippen molar-refractivity contribution in [1.82, 2.24) is 0 Å². The van der Waals surface area contributed by atoms with Gasteiger partial charge in [0, 0.05) is 0 Å². The minimum Gasteiger partial charge on any atom is -0.415 e. The summed E-state index contributed by atoms with van der Waals surface area (Å²) in [6.45, 7) is 6.76. The van der Waals surface area contributed by atoms with Gasteiger partial charge in [0.1, 0.15) is 4.84 Å². The molecule has 0 aromatic carbocycles. The Morgan fingerprint density at radius 1 is 1.33 bits per heavy atom. The smallest absolute Gasteiger partial charge is 0.183 e. The number of hydrogen-bond donors (Lipinski definition) is 0. The molecular formula is C5H12Cl2OSi. The van der Waals surface area contributed by atoms with Gasteiger partial charge in [0.05, 0.1) is 6.61 Å². The molecule has 4 heteroatoms. The summed E-state index contributed by atoms with van der Waals surface area (Å²) in [6, 6.07) is 0. The van der Waals surface area contributed by atoms with E-state index in [-0.39, 0.29) is 4.84 Å². The topological polar surface area (TPSA) is 9.23 Å². The average Bonchev–Trinajstić information content (AvgIpc) is 1.59. The molecule has 0 saturated carbocycles. The molecule has 0 aromatic heterocycles. The minimum absolute atomic E-state index is 0.378. The van der Waals surface area contributed by atoms with E-state index < -0.39 is 8.32 Å². The van der Waals surface area contributed by atoms with Gasteiger partial charge in [-0.2, -0.15) is 0 Å². The zero-order valence-electron chi connectivity index (χ0n) is 5.95. The van der Waals surface area contributed by atoms with Crippen molar-refractivity contribution in [2.24, 2.45) is 0 Å². The molecule has 0 atom stereocenters. The molecule has 0 unspecified atom stereocenters. The quantitative estimate of drug-likeness (QED) is 0.487. The van der Waals surface area contributed by atoms with Crippen molar-refractivity contribution in [2.45, 2.75) is 24.5 Å². The molecule has 0 aliphatic heterocycles. The van der Waals surface area contributed by atoms with E-state index in [1.165, 1.54) is 0 Å². The second-order valence-corrected chi connectivity index (χ2v) is 8.60. The molecule has 0 rings (SSSR count). The van der Waals surface area contributed by atoms with E-state index in [4.69, 9.17) is 27.6 Å². The van der Waals surface area contributed by atoms with Gasteiger partial charge in [0.15, 0.2) is 8.32 Å². The largest absolute Gasteiger partial charge is 0.415 e. The van der Waals surface area contributed by atoms with E-state index in [2.05, 4.69) is 19.6 Å². The van der Waals surface area contributed by atoms with Crippen molar-refractivity contribution in [3.8, 4) is 0 Å². The zero-order chi connectivity index (χ0) is 7.49. The second-order valence-electron chi connectivity index (χ2n) is 2.81. The van der Waals surface area contributed by atoms with Gasteiger partial charge >= 0.3 is 0 Å². The van der Waals surface area contributed by atoms with Crippen LogP contribution in [0.4, 0.5) is 0 Å². The first-order chi connectivity index (χ1) is 3.92. The maximum atomic E-state index is 5.45. The van der Waals surface area contributed by atoms with Gasteiger partial charge < -0.3 is 4.43 Å². The molecule has 0 saturated heterocycles. The van der Waals surface area contributed by atoms with Crippen LogP contribution in [0, 0.1) is 0 Å². The number of alkyl halides is 2. The lowest BCUT2D eigenvalue weighted by Crippen LogP contribution is -2.27. The molecule has 0 radical (unpaired) electrons. The van der Waals surface area contributed by atoms with Crippen molar-refractivity contribution in [1.29, 1.82) is 0 Å². The Labute approximate surface area is 67.4 Å². The van der Waals surface area contributed by atoms with Crippen LogP contribution in [0.15, 0.2) is 0 Å². The first-order valence-electron chi connectivity index (χ1n) is 2.84. The molecule has 0 spiro atoms. The molecule has 0 N–H and O–H groups in total. The van der Waals surface area contributed by atoms with Crippen LogP contribution in [-0.4, -0.2) is 19.8 Å². The summed E-state index contributed by atoms with van der Waals surface area (Å²) in [7, 11) is -1.39. The Morgan fingerprint density at radius 3 is 1.89 bits per heavy atom. The number of halogens is 2. The molecule has 0 heterocycles. The van der Waals surface area contributed by atoms with Gasteiger partial charge in [-0.3, -0.25) is 0 Å². The Bertz CT molecular complexity index is 79.5. The average molecular weight is 187 g/mol. The highest BCUT2D eigenvalue weighted by atomic mass is 35.5. The predicted octanol–water partition coefficient (Wildman–Crippen LogP) is 2.64. The van der Waals surface area contributed by atoms with Crippen LogP contribution in [-0.2, 0) is 4.43 Å². The van der Waals surface area contributed by atoms with E-state index in [9.17, 15) is 0 Å². The molecule has 0 amide bonds. The molecule has 0 fully saturated rings. The monoisotopic (exact) mass is 186 g/mol. The molecular weight excluding hydrogens is 175 g/mol. The highest BCUT2D eigenvalue weighted by molar-refractivity contribution is 6.69. The summed E-state index contributed by atoms with van der Waals surface area (Å²) in [6.07, 6.45) is 0. The molecule has 0 aliphatic carbocycles. The van der Waals surface area contributed by atoms with Crippen LogP contribution in [0.5, 0.6) is 0 Å². The van der Waals surface area contributed by atoms with Crippen LogP contribution >= 0.6 is 23.2 Å². The Morgan fingerprint density at radius 2 is 1.78 bits per heavy atom. The fourth-order valence-corrected chi connectivity index (χ4v) is 1.32. The van der Waals surface area contributed by atoms with Crippen LogP contribution < -0.4 is 0 Å². The number of rotatable bonds is 3. The summed E-state index contributed by atoms with van der Waals surface area (Å²) < 4.78 is 5.37. The minimum atomic E-state index is -1.39. The summed E-state index contributed by atoms with van der Waals surface area (Å²) >= 11 is 10.9. The van der Waals surface area contributed by atoms with Crippen LogP contribution in [0.1, 0.15) is 0 Å². The van der Waals surface area contributed by atoms with E-state index in [0.717, 1.165) is 0 Å². The molecule has 1 nitrogen and oxygen atoms in total. The third-order valence-electron chi connectivity index (χ3n) is 0.642. The summed E-state index contributed by atoms with van der Waals surface area (Å²) in [5, 5.41) is 0. The third kappa shape index (κ3) is 8.76. The Balaban J connectivity index is 3.28. The zero-order valence-corrected chi connectivity index (χ0v) is 8.46. The van der Waals surface area contributed by atoms with Gasteiger partial charge in [-0.15, -0.1) is 23.2 Å². The first-order valence-corrected chi connectivity index (χ1v) is 7.12. The summed E-state index contributed by atoms with van der Waals surface area (Å²) in [5.41, 5.74) is 0. The predicted molar refractivity (Wildman–Crippen MR) is 44.8 cm³/mol. The van der Waals surface area contributed by atoms with Gasteiger partial charge in [-0.1, -0.05) is 0 Å². The highest BCUT2D eigenvalue weighted by Crippen LogP contribution is 2.08. The van der Waals surface area contributed by atoms with Crippen molar-refractivity contribution >= 4 is 31.5 Å². The van der Waals surface area contributed by atoms with Crippen LogP contribution in [0.2, 0.25) is 19.6 Å². The van der Waals surface area contributed by atoms with Crippen molar-refractivity contribution < 1.29 is 4.43 Å². The van der Waals surface area contributed by atoms with E-state index in [1.54, 1.807) is 0 Å². The summed E-state index contributed by atoms with van der Waals surface area (Å²) in [5.74, 6) is 0. The van der Waals surface area contributed by atoms with Crippen LogP contribution in [0.3, 0.4) is 0 Å². The molecule has 0 aromatic rings. The number of hydrogen-bond acceptors (Lipinski definition) is 1. The summed E-state index contributed by atoms with van der Waals surface area (Å²) in [4.78, 5) is -0.378. The maximum Gasteiger partial charge on any atom is 0.183 e. The molecule has 0 bridgehead atoms. The lowest BCUT2D eigenvalue weighted by Gasteiger charge is -2.16. The molecule has 56 valence electrons.